The van der Waals surface area contributed by atoms with E-state index in [1.54, 1.807) is 14.1 Å². The summed E-state index contributed by atoms with van der Waals surface area (Å²) in [5, 5.41) is 5.68. The monoisotopic (exact) mass is 397 g/mol. The Morgan fingerprint density at radius 2 is 2.05 bits per heavy atom. The second-order valence-corrected chi connectivity index (χ2v) is 3.56. The molecule has 3 nitrogen and oxygen atoms in total. The van der Waals surface area contributed by atoms with E-state index in [4.69, 9.17) is 0 Å². The van der Waals surface area contributed by atoms with Gasteiger partial charge in [0.2, 0.25) is 0 Å². The lowest BCUT2D eigenvalue weighted by Gasteiger charge is -2.06. The summed E-state index contributed by atoms with van der Waals surface area (Å²) in [5.41, 5.74) is -0.366. The molecule has 0 amide bonds. The Balaban J connectivity index is 0.00000361. The molecule has 0 saturated heterocycles. The van der Waals surface area contributed by atoms with Gasteiger partial charge in [-0.25, -0.2) is 0 Å². The number of nitrogens with one attached hydrogen (secondary N) is 2. The number of benzene rings is 1. The molecule has 1 rings (SSSR count). The van der Waals surface area contributed by atoms with Gasteiger partial charge < -0.3 is 10.6 Å². The van der Waals surface area contributed by atoms with Crippen LogP contribution in [0.3, 0.4) is 0 Å². The van der Waals surface area contributed by atoms with Crippen molar-refractivity contribution in [3.05, 3.63) is 35.4 Å². The van der Waals surface area contributed by atoms with Crippen LogP contribution in [0.15, 0.2) is 29.3 Å². The third kappa shape index (κ3) is 6.14. The molecule has 0 unspecified atom stereocenters. The first-order valence-corrected chi connectivity index (χ1v) is 5.52. The molecule has 7 heteroatoms. The molecule has 0 radical (unpaired) electrons. The fourth-order valence-electron chi connectivity index (χ4n) is 1.33. The van der Waals surface area contributed by atoms with Gasteiger partial charge in [-0.3, -0.25) is 4.99 Å². The number of alkyl halides is 3. The van der Waals surface area contributed by atoms with Crippen LogP contribution in [-0.4, -0.2) is 26.6 Å². The minimum Gasteiger partial charge on any atom is -0.359 e. The van der Waals surface area contributed by atoms with Crippen LogP contribution in [-0.2, 0) is 6.18 Å². The van der Waals surface area contributed by atoms with E-state index in [-0.39, 0.29) is 24.0 Å². The van der Waals surface area contributed by atoms with Crippen LogP contribution < -0.4 is 10.6 Å². The summed E-state index contributed by atoms with van der Waals surface area (Å²) in [5.74, 6) is 5.96. The molecule has 0 fully saturated rings. The first kappa shape index (κ1) is 18.6. The normalized spacial score (nSPS) is 10.9. The molecule has 1 aromatic carbocycles. The number of aliphatic imine (C=N–C) groups is 1. The van der Waals surface area contributed by atoms with Crippen LogP contribution in [0, 0.1) is 11.8 Å². The number of hydrogen-bond donors (Lipinski definition) is 2. The topological polar surface area (TPSA) is 36.4 Å². The highest BCUT2D eigenvalue weighted by molar-refractivity contribution is 14.0. The van der Waals surface area contributed by atoms with Crippen LogP contribution >= 0.6 is 24.0 Å². The molecule has 0 aliphatic carbocycles. The quantitative estimate of drug-likeness (QED) is 0.331. The van der Waals surface area contributed by atoms with E-state index in [0.29, 0.717) is 18.1 Å². The molecule has 2 N–H and O–H groups in total. The second-order valence-electron chi connectivity index (χ2n) is 3.56. The van der Waals surface area contributed by atoms with Gasteiger partial charge in [0.05, 0.1) is 12.1 Å². The van der Waals surface area contributed by atoms with Crippen molar-refractivity contribution < 1.29 is 13.2 Å². The van der Waals surface area contributed by atoms with Crippen LogP contribution in [0.2, 0.25) is 0 Å². The smallest absolute Gasteiger partial charge is 0.359 e. The summed E-state index contributed by atoms with van der Waals surface area (Å²) >= 11 is 0. The lowest BCUT2D eigenvalue weighted by atomic mass is 10.1. The van der Waals surface area contributed by atoms with Gasteiger partial charge in [0, 0.05) is 19.7 Å². The first-order valence-electron chi connectivity index (χ1n) is 5.52. The van der Waals surface area contributed by atoms with Crippen molar-refractivity contribution >= 4 is 29.9 Å². The van der Waals surface area contributed by atoms with E-state index in [1.807, 2.05) is 0 Å². The fourth-order valence-corrected chi connectivity index (χ4v) is 1.33. The highest BCUT2D eigenvalue weighted by atomic mass is 127. The Morgan fingerprint density at radius 3 is 2.60 bits per heavy atom. The molecule has 0 bridgehead atoms. The van der Waals surface area contributed by atoms with Gasteiger partial charge in [-0.05, 0) is 18.2 Å². The largest absolute Gasteiger partial charge is 0.416 e. The Kier molecular flexibility index (Phi) is 8.06. The number of halogens is 4. The van der Waals surface area contributed by atoms with Crippen LogP contribution in [0.5, 0.6) is 0 Å². The molecule has 0 aromatic heterocycles. The molecule has 0 aliphatic heterocycles. The maximum Gasteiger partial charge on any atom is 0.416 e. The highest BCUT2D eigenvalue weighted by Crippen LogP contribution is 2.29. The molecule has 0 spiro atoms. The van der Waals surface area contributed by atoms with Crippen molar-refractivity contribution in [2.45, 2.75) is 6.18 Å². The summed E-state index contributed by atoms with van der Waals surface area (Å²) in [6.07, 6.45) is -4.34. The molecule has 0 atom stereocenters. The maximum absolute atomic E-state index is 12.5. The molecule has 0 saturated carbocycles. The number of guanidine groups is 1. The first-order chi connectivity index (χ1) is 8.97. The zero-order valence-corrected chi connectivity index (χ0v) is 13.3. The molecule has 0 heterocycles. The van der Waals surface area contributed by atoms with E-state index in [0.717, 1.165) is 12.1 Å². The van der Waals surface area contributed by atoms with Crippen LogP contribution in [0.4, 0.5) is 13.2 Å². The number of hydrogen-bond acceptors (Lipinski definition) is 1. The lowest BCUT2D eigenvalue weighted by molar-refractivity contribution is -0.137. The fraction of sp³-hybridized carbons (Fsp3) is 0.308. The Morgan fingerprint density at radius 1 is 1.35 bits per heavy atom. The third-order valence-electron chi connectivity index (χ3n) is 2.23. The second kappa shape index (κ2) is 8.68. The highest BCUT2D eigenvalue weighted by Gasteiger charge is 2.30. The van der Waals surface area contributed by atoms with Gasteiger partial charge in [-0.2, -0.15) is 13.2 Å². The standard InChI is InChI=1S/C13H14F3N3.HI/c1-17-12(18-2)19-8-4-6-10-5-3-7-11(9-10)13(14,15)16;/h3,5,7,9H,8H2,1-2H3,(H2,17,18,19);1H. The predicted octanol–water partition coefficient (Wildman–Crippen LogP) is 2.47. The van der Waals surface area contributed by atoms with Crippen molar-refractivity contribution in [1.82, 2.24) is 10.6 Å². The zero-order chi connectivity index (χ0) is 14.3. The van der Waals surface area contributed by atoms with Crippen molar-refractivity contribution in [2.75, 3.05) is 20.6 Å². The minimum absolute atomic E-state index is 0. The van der Waals surface area contributed by atoms with Gasteiger partial charge in [-0.15, -0.1) is 24.0 Å². The number of rotatable bonds is 1. The zero-order valence-electron chi connectivity index (χ0n) is 11.0. The molecule has 20 heavy (non-hydrogen) atoms. The van der Waals surface area contributed by atoms with Gasteiger partial charge in [0.25, 0.3) is 0 Å². The molecule has 110 valence electrons. The third-order valence-corrected chi connectivity index (χ3v) is 2.23. The summed E-state index contributed by atoms with van der Waals surface area (Å²) in [6, 6.07) is 4.92. The molecule has 0 aliphatic rings. The van der Waals surface area contributed by atoms with Crippen LogP contribution in [0.25, 0.3) is 0 Å². The van der Waals surface area contributed by atoms with Crippen molar-refractivity contribution in [1.29, 1.82) is 0 Å². The average Bonchev–Trinajstić information content (AvgIpc) is 2.38. The Labute approximate surface area is 133 Å². The van der Waals surface area contributed by atoms with Crippen LogP contribution in [0.1, 0.15) is 11.1 Å². The molecular weight excluding hydrogens is 382 g/mol. The maximum atomic E-state index is 12.5. The summed E-state index contributed by atoms with van der Waals surface area (Å²) in [7, 11) is 3.31. The summed E-state index contributed by atoms with van der Waals surface area (Å²) in [6.45, 7) is 0.295. The van der Waals surface area contributed by atoms with E-state index in [1.165, 1.54) is 12.1 Å². The SMILES string of the molecule is CN=C(NC)NCC#Cc1cccc(C(F)(F)F)c1.I. The summed E-state index contributed by atoms with van der Waals surface area (Å²) < 4.78 is 37.4. The van der Waals surface area contributed by atoms with Gasteiger partial charge in [0.1, 0.15) is 0 Å². The van der Waals surface area contributed by atoms with E-state index in [2.05, 4.69) is 27.5 Å². The van der Waals surface area contributed by atoms with Gasteiger partial charge in [-0.1, -0.05) is 17.9 Å². The molecular formula is C13H15F3IN3. The van der Waals surface area contributed by atoms with Gasteiger partial charge in [0.15, 0.2) is 5.96 Å². The van der Waals surface area contributed by atoms with E-state index >= 15 is 0 Å². The average molecular weight is 397 g/mol. The number of nitrogens with zero attached hydrogens (tertiary/aromatic N) is 1. The van der Waals surface area contributed by atoms with Crippen molar-refractivity contribution in [3.8, 4) is 11.8 Å². The van der Waals surface area contributed by atoms with Gasteiger partial charge >= 0.3 is 6.18 Å². The van der Waals surface area contributed by atoms with E-state index < -0.39 is 11.7 Å². The Bertz CT molecular complexity index is 516. The van der Waals surface area contributed by atoms with Crippen molar-refractivity contribution in [3.63, 3.8) is 0 Å². The summed E-state index contributed by atoms with van der Waals surface area (Å²) in [4.78, 5) is 3.88. The van der Waals surface area contributed by atoms with Crippen molar-refractivity contribution in [2.24, 2.45) is 4.99 Å². The van der Waals surface area contributed by atoms with E-state index in [9.17, 15) is 13.2 Å². The minimum atomic E-state index is -4.34. The lowest BCUT2D eigenvalue weighted by Crippen LogP contribution is -2.34. The Hall–Kier alpha value is -1.43. The molecule has 1 aromatic rings. The predicted molar refractivity (Wildman–Crippen MR) is 84.2 cm³/mol.